The van der Waals surface area contributed by atoms with Crippen LogP contribution in [0.3, 0.4) is 0 Å². The maximum Gasteiger partial charge on any atom is 0.222 e. The van der Waals surface area contributed by atoms with Gasteiger partial charge in [0.25, 0.3) is 0 Å². The fourth-order valence-corrected chi connectivity index (χ4v) is 4.31. The average Bonchev–Trinajstić information content (AvgIpc) is 2.72. The number of fused-ring (bicyclic) bond motifs is 1. The number of carbonyl (C=O) groups excluding carboxylic acids is 1. The topological polar surface area (TPSA) is 50.8 Å². The van der Waals surface area contributed by atoms with E-state index in [0.717, 1.165) is 31.0 Å². The van der Waals surface area contributed by atoms with Crippen molar-refractivity contribution in [1.29, 1.82) is 0 Å². The van der Waals surface area contributed by atoms with Crippen molar-refractivity contribution in [2.45, 2.75) is 52.7 Å². The molecular weight excluding hydrogens is 376 g/mol. The summed E-state index contributed by atoms with van der Waals surface area (Å²) in [6.45, 7) is 9.82. The minimum atomic E-state index is -0.0499. The molecular formula is C25H34N2O3. The van der Waals surface area contributed by atoms with E-state index >= 15 is 0 Å². The van der Waals surface area contributed by atoms with Gasteiger partial charge in [-0.2, -0.15) is 0 Å². The largest absolute Gasteiger partial charge is 0.493 e. The molecule has 1 amide bonds. The summed E-state index contributed by atoms with van der Waals surface area (Å²) in [5.74, 6) is 1.50. The Kier molecular flexibility index (Phi) is 7.03. The van der Waals surface area contributed by atoms with Crippen LogP contribution in [0.1, 0.15) is 49.1 Å². The Hall–Kier alpha value is -2.53. The normalized spacial score (nSPS) is 17.4. The highest BCUT2D eigenvalue weighted by atomic mass is 16.5. The second kappa shape index (κ2) is 9.52. The number of ether oxygens (including phenoxy) is 2. The lowest BCUT2D eigenvalue weighted by Gasteiger charge is -2.41. The zero-order valence-electron chi connectivity index (χ0n) is 19.0. The van der Waals surface area contributed by atoms with Gasteiger partial charge >= 0.3 is 0 Å². The van der Waals surface area contributed by atoms with E-state index in [1.54, 1.807) is 14.2 Å². The number of aryl methyl sites for hydroxylation is 1. The van der Waals surface area contributed by atoms with Crippen LogP contribution in [0.25, 0.3) is 0 Å². The van der Waals surface area contributed by atoms with Crippen LogP contribution in [0.5, 0.6) is 11.5 Å². The van der Waals surface area contributed by atoms with Crippen molar-refractivity contribution < 1.29 is 14.3 Å². The van der Waals surface area contributed by atoms with Crippen molar-refractivity contribution in [1.82, 2.24) is 10.2 Å². The average molecular weight is 411 g/mol. The van der Waals surface area contributed by atoms with Gasteiger partial charge in [0.2, 0.25) is 5.91 Å². The van der Waals surface area contributed by atoms with E-state index in [9.17, 15) is 4.79 Å². The third-order valence-electron chi connectivity index (χ3n) is 5.86. The lowest BCUT2D eigenvalue weighted by atomic mass is 9.87. The summed E-state index contributed by atoms with van der Waals surface area (Å²) in [7, 11) is 3.33. The van der Waals surface area contributed by atoms with Crippen LogP contribution in [0.15, 0.2) is 36.4 Å². The summed E-state index contributed by atoms with van der Waals surface area (Å²) in [6, 6.07) is 12.8. The van der Waals surface area contributed by atoms with Crippen LogP contribution in [0, 0.1) is 12.8 Å². The number of benzene rings is 2. The Morgan fingerprint density at radius 3 is 2.47 bits per heavy atom. The van der Waals surface area contributed by atoms with Crippen LogP contribution in [0.2, 0.25) is 0 Å². The van der Waals surface area contributed by atoms with Gasteiger partial charge in [0.15, 0.2) is 11.5 Å². The molecule has 0 aliphatic carbocycles. The minimum Gasteiger partial charge on any atom is -0.493 e. The third kappa shape index (κ3) is 4.78. The standard InChI is InChI=1S/C25H34N2O3/c1-16(2)25(28)26-18(4)24-21-14-23(30-6)22(29-5)13-20(21)10-11-27(24)15-19-9-7-8-17(3)12-19/h7-9,12-14,16,18,24H,10-11,15H2,1-6H3,(H,26,28)/t18-,24+/m0/s1. The number of nitrogens with one attached hydrogen (secondary N) is 1. The Morgan fingerprint density at radius 2 is 1.83 bits per heavy atom. The minimum absolute atomic E-state index is 0.0399. The molecule has 30 heavy (non-hydrogen) atoms. The molecule has 0 radical (unpaired) electrons. The van der Waals surface area contributed by atoms with Crippen molar-refractivity contribution >= 4 is 5.91 Å². The van der Waals surface area contributed by atoms with Crippen LogP contribution in [-0.2, 0) is 17.8 Å². The van der Waals surface area contributed by atoms with E-state index in [-0.39, 0.29) is 23.9 Å². The molecule has 0 bridgehead atoms. The summed E-state index contributed by atoms with van der Waals surface area (Å²) in [4.78, 5) is 14.9. The zero-order chi connectivity index (χ0) is 21.8. The van der Waals surface area contributed by atoms with Gasteiger partial charge < -0.3 is 14.8 Å². The van der Waals surface area contributed by atoms with Crippen LogP contribution >= 0.6 is 0 Å². The van der Waals surface area contributed by atoms with Gasteiger partial charge in [0.1, 0.15) is 0 Å². The van der Waals surface area contributed by atoms with E-state index in [0.29, 0.717) is 0 Å². The summed E-state index contributed by atoms with van der Waals surface area (Å²) in [5.41, 5.74) is 4.99. The second-order valence-electron chi connectivity index (χ2n) is 8.51. The first-order valence-electron chi connectivity index (χ1n) is 10.7. The fraction of sp³-hybridized carbons (Fsp3) is 0.480. The number of hydrogen-bond donors (Lipinski definition) is 1. The molecule has 2 aromatic carbocycles. The van der Waals surface area contributed by atoms with E-state index in [4.69, 9.17) is 9.47 Å². The number of rotatable bonds is 7. The Bertz CT molecular complexity index is 894. The third-order valence-corrected chi connectivity index (χ3v) is 5.86. The number of amides is 1. The SMILES string of the molecule is COc1cc2c(cc1OC)[C@@H]([C@H](C)NC(=O)C(C)C)N(Cc1cccc(C)c1)CC2. The summed E-state index contributed by atoms with van der Waals surface area (Å²) >= 11 is 0. The molecule has 2 aromatic rings. The number of hydrogen-bond acceptors (Lipinski definition) is 4. The van der Waals surface area contributed by atoms with E-state index in [2.05, 4.69) is 60.5 Å². The highest BCUT2D eigenvalue weighted by Gasteiger charge is 2.34. The van der Waals surface area contributed by atoms with E-state index in [1.807, 2.05) is 13.8 Å². The number of carbonyl (C=O) groups is 1. The summed E-state index contributed by atoms with van der Waals surface area (Å²) in [6.07, 6.45) is 0.933. The molecule has 0 aromatic heterocycles. The first kappa shape index (κ1) is 22.2. The molecule has 0 saturated heterocycles. The molecule has 1 aliphatic heterocycles. The predicted molar refractivity (Wildman–Crippen MR) is 120 cm³/mol. The fourth-order valence-electron chi connectivity index (χ4n) is 4.31. The Balaban J connectivity index is 1.99. The molecule has 162 valence electrons. The lowest BCUT2D eigenvalue weighted by Crippen LogP contribution is -2.48. The number of methoxy groups -OCH3 is 2. The molecule has 0 spiro atoms. The first-order valence-corrected chi connectivity index (χ1v) is 10.7. The van der Waals surface area contributed by atoms with Gasteiger partial charge in [-0.05, 0) is 49.1 Å². The summed E-state index contributed by atoms with van der Waals surface area (Å²) in [5, 5.41) is 3.23. The predicted octanol–water partition coefficient (Wildman–Crippen LogP) is 4.27. The summed E-state index contributed by atoms with van der Waals surface area (Å²) < 4.78 is 11.1. The van der Waals surface area contributed by atoms with Gasteiger partial charge in [-0.1, -0.05) is 43.7 Å². The molecule has 0 fully saturated rings. The molecule has 5 nitrogen and oxygen atoms in total. The highest BCUT2D eigenvalue weighted by Crippen LogP contribution is 2.40. The van der Waals surface area contributed by atoms with Crippen molar-refractivity contribution in [3.05, 3.63) is 58.7 Å². The monoisotopic (exact) mass is 410 g/mol. The van der Waals surface area contributed by atoms with Gasteiger partial charge in [0.05, 0.1) is 20.3 Å². The van der Waals surface area contributed by atoms with Gasteiger partial charge in [-0.25, -0.2) is 0 Å². The highest BCUT2D eigenvalue weighted by molar-refractivity contribution is 5.78. The molecule has 3 rings (SSSR count). The van der Waals surface area contributed by atoms with Crippen molar-refractivity contribution in [2.75, 3.05) is 20.8 Å². The lowest BCUT2D eigenvalue weighted by molar-refractivity contribution is -0.125. The maximum absolute atomic E-state index is 12.5. The molecule has 1 N–H and O–H groups in total. The van der Waals surface area contributed by atoms with Crippen LogP contribution < -0.4 is 14.8 Å². The van der Waals surface area contributed by atoms with Crippen molar-refractivity contribution in [2.24, 2.45) is 5.92 Å². The molecule has 5 heteroatoms. The van der Waals surface area contributed by atoms with Crippen LogP contribution in [0.4, 0.5) is 0 Å². The smallest absolute Gasteiger partial charge is 0.222 e. The molecule has 0 unspecified atom stereocenters. The number of nitrogens with zero attached hydrogens (tertiary/aromatic N) is 1. The molecule has 1 aliphatic rings. The Labute approximate surface area is 180 Å². The van der Waals surface area contributed by atoms with Gasteiger partial charge in [-0.3, -0.25) is 9.69 Å². The zero-order valence-corrected chi connectivity index (χ0v) is 19.0. The quantitative estimate of drug-likeness (QED) is 0.741. The Morgan fingerprint density at radius 1 is 1.13 bits per heavy atom. The maximum atomic E-state index is 12.5. The van der Waals surface area contributed by atoms with Crippen LogP contribution in [-0.4, -0.2) is 37.6 Å². The van der Waals surface area contributed by atoms with Gasteiger partial charge in [-0.15, -0.1) is 0 Å². The van der Waals surface area contributed by atoms with E-state index < -0.39 is 0 Å². The van der Waals surface area contributed by atoms with Crippen molar-refractivity contribution in [3.8, 4) is 11.5 Å². The van der Waals surface area contributed by atoms with Crippen molar-refractivity contribution in [3.63, 3.8) is 0 Å². The second-order valence-corrected chi connectivity index (χ2v) is 8.51. The van der Waals surface area contributed by atoms with Gasteiger partial charge in [0, 0.05) is 25.0 Å². The first-order chi connectivity index (χ1) is 14.3. The van der Waals surface area contributed by atoms with E-state index in [1.165, 1.54) is 22.3 Å². The molecule has 1 heterocycles. The molecule has 0 saturated carbocycles. The molecule has 2 atom stereocenters.